The van der Waals surface area contributed by atoms with Gasteiger partial charge in [-0.15, -0.1) is 0 Å². The number of nitrogens with zero attached hydrogens (tertiary/aromatic N) is 2. The van der Waals surface area contributed by atoms with Crippen LogP contribution >= 0.6 is 11.6 Å². The summed E-state index contributed by atoms with van der Waals surface area (Å²) in [6.07, 6.45) is 0. The summed E-state index contributed by atoms with van der Waals surface area (Å²) in [5, 5.41) is 1.08. The molecule has 1 aromatic heterocycles. The highest BCUT2D eigenvalue weighted by atomic mass is 35.5. The van der Waals surface area contributed by atoms with Crippen molar-refractivity contribution in [1.82, 2.24) is 9.97 Å². The van der Waals surface area contributed by atoms with Crippen LogP contribution in [0.1, 0.15) is 20.8 Å². The fourth-order valence-electron chi connectivity index (χ4n) is 1.39. The van der Waals surface area contributed by atoms with Crippen LogP contribution in [0.25, 0.3) is 10.9 Å². The lowest BCUT2D eigenvalue weighted by Crippen LogP contribution is -2.23. The van der Waals surface area contributed by atoms with E-state index in [0.29, 0.717) is 5.88 Å². The quantitative estimate of drug-likeness (QED) is 0.712. The Balaban J connectivity index is 2.59. The fourth-order valence-corrected chi connectivity index (χ4v) is 1.56. The zero-order valence-electron chi connectivity index (χ0n) is 9.49. The third kappa shape index (κ3) is 2.42. The average molecular weight is 237 g/mol. The molecule has 16 heavy (non-hydrogen) atoms. The molecule has 0 radical (unpaired) electrons. The average Bonchev–Trinajstić information content (AvgIpc) is 2.14. The van der Waals surface area contributed by atoms with Gasteiger partial charge in [-0.2, -0.15) is 4.98 Å². The molecule has 1 heterocycles. The van der Waals surface area contributed by atoms with E-state index in [0.717, 1.165) is 10.9 Å². The SMILES string of the molecule is CC(C)(C)Oc1nc(Cl)nc2ccccc12. The molecule has 0 fully saturated rings. The summed E-state index contributed by atoms with van der Waals surface area (Å²) in [6.45, 7) is 5.91. The van der Waals surface area contributed by atoms with Crippen molar-refractivity contribution in [2.45, 2.75) is 26.4 Å². The molecule has 2 rings (SSSR count). The Morgan fingerprint density at radius 1 is 1.12 bits per heavy atom. The van der Waals surface area contributed by atoms with E-state index in [2.05, 4.69) is 9.97 Å². The lowest BCUT2D eigenvalue weighted by Gasteiger charge is -2.21. The highest BCUT2D eigenvalue weighted by Crippen LogP contribution is 2.26. The van der Waals surface area contributed by atoms with Crippen LogP contribution in [0.15, 0.2) is 24.3 Å². The van der Waals surface area contributed by atoms with Gasteiger partial charge in [0.05, 0.1) is 10.9 Å². The molecule has 0 saturated heterocycles. The van der Waals surface area contributed by atoms with Crippen LogP contribution in [-0.2, 0) is 0 Å². The first-order valence-corrected chi connectivity index (χ1v) is 5.45. The molecular formula is C12H13ClN2O. The van der Waals surface area contributed by atoms with Crippen LogP contribution in [0.4, 0.5) is 0 Å². The van der Waals surface area contributed by atoms with Crippen molar-refractivity contribution in [3.63, 3.8) is 0 Å². The van der Waals surface area contributed by atoms with Crippen molar-refractivity contribution in [1.29, 1.82) is 0 Å². The summed E-state index contributed by atoms with van der Waals surface area (Å²) < 4.78 is 5.76. The van der Waals surface area contributed by atoms with Crippen LogP contribution in [0.3, 0.4) is 0 Å². The number of rotatable bonds is 1. The summed E-state index contributed by atoms with van der Waals surface area (Å²) in [5.41, 5.74) is 0.488. The number of aromatic nitrogens is 2. The zero-order valence-corrected chi connectivity index (χ0v) is 10.2. The van der Waals surface area contributed by atoms with Crippen molar-refractivity contribution in [2.24, 2.45) is 0 Å². The smallest absolute Gasteiger partial charge is 0.226 e. The van der Waals surface area contributed by atoms with Gasteiger partial charge in [-0.05, 0) is 44.5 Å². The molecule has 2 aromatic rings. The van der Waals surface area contributed by atoms with E-state index >= 15 is 0 Å². The molecule has 0 saturated carbocycles. The Morgan fingerprint density at radius 2 is 1.81 bits per heavy atom. The molecule has 0 atom stereocenters. The Bertz CT molecular complexity index is 520. The van der Waals surface area contributed by atoms with E-state index in [9.17, 15) is 0 Å². The van der Waals surface area contributed by atoms with E-state index < -0.39 is 0 Å². The normalized spacial score (nSPS) is 11.8. The summed E-state index contributed by atoms with van der Waals surface area (Å²) in [4.78, 5) is 8.26. The second kappa shape index (κ2) is 3.91. The predicted octanol–water partition coefficient (Wildman–Crippen LogP) is 3.46. The summed E-state index contributed by atoms with van der Waals surface area (Å²) in [5.74, 6) is 0.531. The number of halogens is 1. The van der Waals surface area contributed by atoms with Gasteiger partial charge in [0, 0.05) is 0 Å². The van der Waals surface area contributed by atoms with Crippen LogP contribution in [0.5, 0.6) is 5.88 Å². The highest BCUT2D eigenvalue weighted by molar-refractivity contribution is 6.28. The van der Waals surface area contributed by atoms with Crippen molar-refractivity contribution < 1.29 is 4.74 Å². The standard InChI is InChI=1S/C12H13ClN2O/c1-12(2,3)16-10-8-6-4-5-7-9(8)14-11(13)15-10/h4-7H,1-3H3. The molecule has 0 amide bonds. The third-order valence-corrected chi connectivity index (χ3v) is 2.11. The van der Waals surface area contributed by atoms with Gasteiger partial charge in [0.1, 0.15) is 5.60 Å². The minimum atomic E-state index is -0.305. The maximum atomic E-state index is 5.85. The molecule has 0 aliphatic heterocycles. The van der Waals surface area contributed by atoms with E-state index in [4.69, 9.17) is 16.3 Å². The van der Waals surface area contributed by atoms with Crippen LogP contribution in [0.2, 0.25) is 5.28 Å². The number of benzene rings is 1. The number of ether oxygens (including phenoxy) is 1. The van der Waals surface area contributed by atoms with Crippen LogP contribution in [-0.4, -0.2) is 15.6 Å². The monoisotopic (exact) mass is 236 g/mol. The second-order valence-electron chi connectivity index (χ2n) is 4.53. The topological polar surface area (TPSA) is 35.0 Å². The van der Waals surface area contributed by atoms with Crippen molar-refractivity contribution in [3.05, 3.63) is 29.5 Å². The molecule has 0 bridgehead atoms. The first-order valence-electron chi connectivity index (χ1n) is 5.07. The molecule has 0 N–H and O–H groups in total. The van der Waals surface area contributed by atoms with Gasteiger partial charge in [-0.3, -0.25) is 0 Å². The lowest BCUT2D eigenvalue weighted by molar-refractivity contribution is 0.126. The first kappa shape index (κ1) is 11.1. The van der Waals surface area contributed by atoms with Gasteiger partial charge < -0.3 is 4.74 Å². The van der Waals surface area contributed by atoms with Crippen molar-refractivity contribution >= 4 is 22.5 Å². The van der Waals surface area contributed by atoms with Gasteiger partial charge >= 0.3 is 0 Å². The van der Waals surface area contributed by atoms with Crippen LogP contribution < -0.4 is 4.74 Å². The van der Waals surface area contributed by atoms with E-state index in [1.165, 1.54) is 0 Å². The highest BCUT2D eigenvalue weighted by Gasteiger charge is 2.16. The molecule has 0 aliphatic rings. The van der Waals surface area contributed by atoms with Gasteiger partial charge in [-0.1, -0.05) is 12.1 Å². The third-order valence-electron chi connectivity index (χ3n) is 1.94. The van der Waals surface area contributed by atoms with Gasteiger partial charge in [0.2, 0.25) is 11.2 Å². The molecule has 3 nitrogen and oxygen atoms in total. The Morgan fingerprint density at radius 3 is 2.50 bits per heavy atom. The zero-order chi connectivity index (χ0) is 11.8. The molecule has 84 valence electrons. The summed E-state index contributed by atoms with van der Waals surface area (Å²) in [6, 6.07) is 7.65. The molecule has 4 heteroatoms. The fraction of sp³-hybridized carbons (Fsp3) is 0.333. The van der Waals surface area contributed by atoms with E-state index in [1.807, 2.05) is 45.0 Å². The van der Waals surface area contributed by atoms with Crippen LogP contribution in [0, 0.1) is 0 Å². The Hall–Kier alpha value is -1.35. The predicted molar refractivity (Wildman–Crippen MR) is 64.9 cm³/mol. The minimum absolute atomic E-state index is 0.206. The molecule has 0 spiro atoms. The summed E-state index contributed by atoms with van der Waals surface area (Å²) in [7, 11) is 0. The van der Waals surface area contributed by atoms with E-state index in [1.54, 1.807) is 0 Å². The number of fused-ring (bicyclic) bond motifs is 1. The Kier molecular flexibility index (Phi) is 2.72. The molecule has 0 aliphatic carbocycles. The van der Waals surface area contributed by atoms with Gasteiger partial charge in [0.15, 0.2) is 0 Å². The molecule has 1 aromatic carbocycles. The first-order chi connectivity index (χ1) is 7.46. The number of hydrogen-bond donors (Lipinski definition) is 0. The lowest BCUT2D eigenvalue weighted by atomic mass is 10.2. The largest absolute Gasteiger partial charge is 0.471 e. The van der Waals surface area contributed by atoms with E-state index in [-0.39, 0.29) is 10.9 Å². The maximum absolute atomic E-state index is 5.85. The molecule has 0 unspecified atom stereocenters. The maximum Gasteiger partial charge on any atom is 0.226 e. The Labute approximate surface area is 99.4 Å². The summed E-state index contributed by atoms with van der Waals surface area (Å²) >= 11 is 5.85. The van der Waals surface area contributed by atoms with Gasteiger partial charge in [0.25, 0.3) is 0 Å². The number of para-hydroxylation sites is 1. The number of hydrogen-bond acceptors (Lipinski definition) is 3. The minimum Gasteiger partial charge on any atom is -0.471 e. The van der Waals surface area contributed by atoms with Gasteiger partial charge in [-0.25, -0.2) is 4.98 Å². The molecular weight excluding hydrogens is 224 g/mol. The second-order valence-corrected chi connectivity index (χ2v) is 4.87. The van der Waals surface area contributed by atoms with Crippen molar-refractivity contribution in [3.8, 4) is 5.88 Å². The van der Waals surface area contributed by atoms with Crippen molar-refractivity contribution in [2.75, 3.05) is 0 Å².